The van der Waals surface area contributed by atoms with Gasteiger partial charge in [-0.15, -0.1) is 23.7 Å². The number of aromatic nitrogens is 2. The number of nitrogens with one attached hydrogen (secondary N) is 2. The van der Waals surface area contributed by atoms with Crippen molar-refractivity contribution in [2.24, 2.45) is 0 Å². The molecule has 2 aromatic heterocycles. The number of carbonyl (C=O) groups excluding carboxylic acids is 1. The molecule has 29 heavy (non-hydrogen) atoms. The van der Waals surface area contributed by atoms with Gasteiger partial charge in [0.05, 0.1) is 11.4 Å². The van der Waals surface area contributed by atoms with E-state index in [2.05, 4.69) is 15.3 Å². The summed E-state index contributed by atoms with van der Waals surface area (Å²) < 4.78 is 0. The van der Waals surface area contributed by atoms with Crippen LogP contribution in [0, 0.1) is 13.8 Å². The van der Waals surface area contributed by atoms with E-state index < -0.39 is 0 Å². The molecule has 8 heteroatoms. The first-order valence-electron chi connectivity index (χ1n) is 9.59. The maximum atomic E-state index is 12.5. The SMILES string of the molecule is Cc1sc2nc(CCC(=O)NC3CCCc4cc(N)ccc43)[nH]c(=O)c2c1C.Cl. The van der Waals surface area contributed by atoms with Crippen molar-refractivity contribution in [2.75, 3.05) is 5.73 Å². The zero-order valence-corrected chi connectivity index (χ0v) is 18.1. The van der Waals surface area contributed by atoms with Crippen LogP contribution in [-0.4, -0.2) is 15.9 Å². The Balaban J connectivity index is 0.00000240. The van der Waals surface area contributed by atoms with E-state index >= 15 is 0 Å². The molecule has 1 unspecified atom stereocenters. The molecule has 0 spiro atoms. The minimum absolute atomic E-state index is 0. The first-order valence-corrected chi connectivity index (χ1v) is 10.4. The number of nitrogens with two attached hydrogens (primary N) is 1. The molecular weight excluding hydrogens is 408 g/mol. The average Bonchev–Trinajstić information content (AvgIpc) is 2.94. The molecule has 2 heterocycles. The van der Waals surface area contributed by atoms with Gasteiger partial charge in [-0.05, 0) is 61.9 Å². The van der Waals surface area contributed by atoms with E-state index in [1.54, 1.807) is 0 Å². The first-order chi connectivity index (χ1) is 13.4. The Hall–Kier alpha value is -2.38. The van der Waals surface area contributed by atoms with Crippen LogP contribution in [-0.2, 0) is 17.6 Å². The van der Waals surface area contributed by atoms with E-state index in [1.807, 2.05) is 32.0 Å². The highest BCUT2D eigenvalue weighted by atomic mass is 35.5. The number of aryl methyl sites for hydroxylation is 4. The van der Waals surface area contributed by atoms with Gasteiger partial charge in [0.25, 0.3) is 5.56 Å². The summed E-state index contributed by atoms with van der Waals surface area (Å²) in [6.45, 7) is 3.93. The van der Waals surface area contributed by atoms with Gasteiger partial charge in [-0.3, -0.25) is 9.59 Å². The molecule has 1 atom stereocenters. The molecular formula is C21H25ClN4O2S. The number of hydrogen-bond donors (Lipinski definition) is 3. The highest BCUT2D eigenvalue weighted by Crippen LogP contribution is 2.31. The van der Waals surface area contributed by atoms with Gasteiger partial charge in [0, 0.05) is 23.4 Å². The third-order valence-corrected chi connectivity index (χ3v) is 6.59. The number of fused-ring (bicyclic) bond motifs is 2. The Morgan fingerprint density at radius 2 is 2.17 bits per heavy atom. The summed E-state index contributed by atoms with van der Waals surface area (Å²) in [5.74, 6) is 0.529. The first kappa shape index (κ1) is 21.3. The van der Waals surface area contributed by atoms with Crippen LogP contribution in [0.25, 0.3) is 10.2 Å². The summed E-state index contributed by atoms with van der Waals surface area (Å²) in [7, 11) is 0. The number of nitrogen functional groups attached to an aromatic ring is 1. The third-order valence-electron chi connectivity index (χ3n) is 5.49. The van der Waals surface area contributed by atoms with Crippen LogP contribution in [0.4, 0.5) is 5.69 Å². The lowest BCUT2D eigenvalue weighted by molar-refractivity contribution is -0.121. The second-order valence-electron chi connectivity index (χ2n) is 7.45. The molecule has 0 saturated carbocycles. The highest BCUT2D eigenvalue weighted by Gasteiger charge is 2.22. The predicted molar refractivity (Wildman–Crippen MR) is 120 cm³/mol. The number of H-pyrrole nitrogens is 1. The van der Waals surface area contributed by atoms with Gasteiger partial charge in [-0.1, -0.05) is 6.07 Å². The number of nitrogens with zero attached hydrogens (tertiary/aromatic N) is 1. The molecule has 0 fully saturated rings. The number of aromatic amines is 1. The van der Waals surface area contributed by atoms with Crippen LogP contribution in [0.1, 0.15) is 52.7 Å². The van der Waals surface area contributed by atoms with Gasteiger partial charge in [0.15, 0.2) is 0 Å². The van der Waals surface area contributed by atoms with Crippen molar-refractivity contribution < 1.29 is 4.79 Å². The fourth-order valence-electron chi connectivity index (χ4n) is 3.90. The van der Waals surface area contributed by atoms with Crippen LogP contribution in [0.5, 0.6) is 0 Å². The van der Waals surface area contributed by atoms with Crippen molar-refractivity contribution in [2.45, 2.75) is 52.0 Å². The smallest absolute Gasteiger partial charge is 0.259 e. The monoisotopic (exact) mass is 432 g/mol. The Morgan fingerprint density at radius 3 is 2.97 bits per heavy atom. The number of benzene rings is 1. The van der Waals surface area contributed by atoms with Gasteiger partial charge >= 0.3 is 0 Å². The van der Waals surface area contributed by atoms with E-state index in [-0.39, 0.29) is 29.9 Å². The lowest BCUT2D eigenvalue weighted by atomic mass is 9.87. The van der Waals surface area contributed by atoms with E-state index in [9.17, 15) is 9.59 Å². The number of carbonyl (C=O) groups is 1. The van der Waals surface area contributed by atoms with Gasteiger partial charge in [0.1, 0.15) is 10.7 Å². The van der Waals surface area contributed by atoms with Gasteiger partial charge in [-0.2, -0.15) is 0 Å². The lowest BCUT2D eigenvalue weighted by Crippen LogP contribution is -2.31. The Morgan fingerprint density at radius 1 is 1.38 bits per heavy atom. The van der Waals surface area contributed by atoms with E-state index in [0.29, 0.717) is 24.1 Å². The number of amides is 1. The van der Waals surface area contributed by atoms with Crippen molar-refractivity contribution in [1.29, 1.82) is 0 Å². The molecule has 1 amide bonds. The van der Waals surface area contributed by atoms with Gasteiger partial charge in [0.2, 0.25) is 5.91 Å². The summed E-state index contributed by atoms with van der Waals surface area (Å²) in [5.41, 5.74) is 9.87. The van der Waals surface area contributed by atoms with E-state index in [4.69, 9.17) is 5.73 Å². The minimum atomic E-state index is -0.124. The van der Waals surface area contributed by atoms with Crippen molar-refractivity contribution in [1.82, 2.24) is 15.3 Å². The van der Waals surface area contributed by atoms with Crippen LogP contribution in [0.15, 0.2) is 23.0 Å². The topological polar surface area (TPSA) is 101 Å². The maximum absolute atomic E-state index is 12.5. The summed E-state index contributed by atoms with van der Waals surface area (Å²) in [6.07, 6.45) is 3.66. The quantitative estimate of drug-likeness (QED) is 0.546. The fraction of sp³-hybridized carbons (Fsp3) is 0.381. The zero-order valence-electron chi connectivity index (χ0n) is 16.5. The number of anilines is 1. The fourth-order valence-corrected chi connectivity index (χ4v) is 4.95. The van der Waals surface area contributed by atoms with Crippen molar-refractivity contribution in [3.05, 3.63) is 55.9 Å². The number of hydrogen-bond acceptors (Lipinski definition) is 5. The van der Waals surface area contributed by atoms with Crippen molar-refractivity contribution in [3.63, 3.8) is 0 Å². The Kier molecular flexibility index (Phi) is 6.29. The molecule has 1 aromatic carbocycles. The molecule has 4 N–H and O–H groups in total. The number of thiophene rings is 1. The molecule has 0 aliphatic heterocycles. The largest absolute Gasteiger partial charge is 0.399 e. The van der Waals surface area contributed by atoms with Gasteiger partial charge < -0.3 is 16.0 Å². The predicted octanol–water partition coefficient (Wildman–Crippen LogP) is 3.73. The minimum Gasteiger partial charge on any atom is -0.399 e. The van der Waals surface area contributed by atoms with Gasteiger partial charge in [-0.25, -0.2) is 4.98 Å². The van der Waals surface area contributed by atoms with Crippen LogP contribution < -0.4 is 16.6 Å². The van der Waals surface area contributed by atoms with Crippen LogP contribution in [0.2, 0.25) is 0 Å². The maximum Gasteiger partial charge on any atom is 0.259 e. The van der Waals surface area contributed by atoms with Crippen molar-refractivity contribution >= 4 is 45.6 Å². The highest BCUT2D eigenvalue weighted by molar-refractivity contribution is 7.18. The van der Waals surface area contributed by atoms with Crippen LogP contribution >= 0.6 is 23.7 Å². The summed E-state index contributed by atoms with van der Waals surface area (Å²) in [6, 6.07) is 5.93. The molecule has 1 aliphatic rings. The molecule has 3 aromatic rings. The van der Waals surface area contributed by atoms with E-state index in [0.717, 1.165) is 45.8 Å². The van der Waals surface area contributed by atoms with Crippen LogP contribution in [0.3, 0.4) is 0 Å². The summed E-state index contributed by atoms with van der Waals surface area (Å²) >= 11 is 1.52. The van der Waals surface area contributed by atoms with Crippen molar-refractivity contribution in [3.8, 4) is 0 Å². The van der Waals surface area contributed by atoms with E-state index in [1.165, 1.54) is 16.9 Å². The Bertz CT molecular complexity index is 1120. The summed E-state index contributed by atoms with van der Waals surface area (Å²) in [4.78, 5) is 34.1. The third kappa shape index (κ3) is 4.31. The summed E-state index contributed by atoms with van der Waals surface area (Å²) in [5, 5.41) is 3.79. The average molecular weight is 433 g/mol. The molecule has 1 aliphatic carbocycles. The molecule has 154 valence electrons. The molecule has 6 nitrogen and oxygen atoms in total. The molecule has 0 saturated heterocycles. The normalized spacial score (nSPS) is 15.6. The molecule has 0 bridgehead atoms. The lowest BCUT2D eigenvalue weighted by Gasteiger charge is -2.26. The second-order valence-corrected chi connectivity index (χ2v) is 8.65. The number of rotatable bonds is 4. The Labute approximate surface area is 179 Å². The standard InChI is InChI=1S/C21H24N4O2S.ClH/c1-11-12(2)28-21-19(11)20(27)24-17(25-21)8-9-18(26)23-16-5-3-4-13-10-14(22)6-7-15(13)16;/h6-7,10,16H,3-5,8-9,22H2,1-2H3,(H,23,26)(H,24,25,27);1H. The second kappa shape index (κ2) is 8.55. The zero-order chi connectivity index (χ0) is 19.8. The number of halogens is 1. The molecule has 4 rings (SSSR count). The molecule has 0 radical (unpaired) electrons.